The third-order valence-electron chi connectivity index (χ3n) is 4.07. The number of benzene rings is 3. The van der Waals surface area contributed by atoms with Gasteiger partial charge in [-0.25, -0.2) is 17.2 Å². The van der Waals surface area contributed by atoms with Crippen molar-refractivity contribution in [2.75, 3.05) is 4.31 Å². The number of rotatable bonds is 5. The summed E-state index contributed by atoms with van der Waals surface area (Å²) in [6.07, 6.45) is 0. The first kappa shape index (κ1) is 19.3. The molecule has 0 radical (unpaired) electrons. The molecule has 140 valence electrons. The molecular formula is C20H16ClF2NO2S. The molecule has 0 saturated heterocycles. The van der Waals surface area contributed by atoms with Crippen molar-refractivity contribution in [2.24, 2.45) is 0 Å². The minimum absolute atomic E-state index is 0.0857. The zero-order valence-electron chi connectivity index (χ0n) is 14.4. The molecule has 0 aliphatic rings. The van der Waals surface area contributed by atoms with Gasteiger partial charge in [0.05, 0.1) is 12.2 Å². The van der Waals surface area contributed by atoms with E-state index in [1.54, 1.807) is 37.3 Å². The van der Waals surface area contributed by atoms with Crippen LogP contribution in [0.5, 0.6) is 0 Å². The van der Waals surface area contributed by atoms with Crippen molar-refractivity contribution in [3.63, 3.8) is 0 Å². The van der Waals surface area contributed by atoms with Crippen LogP contribution in [0.1, 0.15) is 11.1 Å². The summed E-state index contributed by atoms with van der Waals surface area (Å²) in [5, 5.41) is 0.0877. The molecule has 0 aliphatic carbocycles. The summed E-state index contributed by atoms with van der Waals surface area (Å²) >= 11 is 5.87. The first-order valence-electron chi connectivity index (χ1n) is 8.07. The minimum Gasteiger partial charge on any atom is -0.262 e. The maximum Gasteiger partial charge on any atom is 0.267 e. The Hall–Kier alpha value is -2.44. The van der Waals surface area contributed by atoms with Gasteiger partial charge < -0.3 is 0 Å². The molecule has 0 aliphatic heterocycles. The lowest BCUT2D eigenvalue weighted by Gasteiger charge is -2.25. The van der Waals surface area contributed by atoms with Crippen LogP contribution in [-0.4, -0.2) is 8.42 Å². The second kappa shape index (κ2) is 7.66. The molecule has 0 saturated carbocycles. The van der Waals surface area contributed by atoms with Gasteiger partial charge in [0.1, 0.15) is 16.5 Å². The van der Waals surface area contributed by atoms with E-state index >= 15 is 0 Å². The number of hydrogen-bond donors (Lipinski definition) is 0. The summed E-state index contributed by atoms with van der Waals surface area (Å²) in [6, 6.07) is 16.2. The maximum atomic E-state index is 14.3. The Morgan fingerprint density at radius 1 is 0.926 bits per heavy atom. The van der Waals surface area contributed by atoms with Gasteiger partial charge in [-0.3, -0.25) is 4.31 Å². The van der Waals surface area contributed by atoms with E-state index in [1.807, 2.05) is 0 Å². The van der Waals surface area contributed by atoms with Crippen molar-refractivity contribution < 1.29 is 17.2 Å². The summed E-state index contributed by atoms with van der Waals surface area (Å²) in [7, 11) is -4.33. The SMILES string of the molecule is Cc1ccc(N(Cc2ccccc2)S(=O)(=O)c2cc(Cl)ccc2F)cc1F. The van der Waals surface area contributed by atoms with Gasteiger partial charge in [0.25, 0.3) is 10.0 Å². The van der Waals surface area contributed by atoms with Gasteiger partial charge in [0, 0.05) is 5.02 Å². The van der Waals surface area contributed by atoms with E-state index in [-0.39, 0.29) is 17.3 Å². The van der Waals surface area contributed by atoms with Crippen molar-refractivity contribution in [2.45, 2.75) is 18.4 Å². The first-order chi connectivity index (χ1) is 12.8. The van der Waals surface area contributed by atoms with Crippen LogP contribution in [0.15, 0.2) is 71.6 Å². The lowest BCUT2D eigenvalue weighted by Crippen LogP contribution is -2.31. The maximum absolute atomic E-state index is 14.3. The third-order valence-corrected chi connectivity index (χ3v) is 6.10. The van der Waals surface area contributed by atoms with Crippen LogP contribution in [0.3, 0.4) is 0 Å². The molecular weight excluding hydrogens is 392 g/mol. The third kappa shape index (κ3) is 4.12. The highest BCUT2D eigenvalue weighted by molar-refractivity contribution is 7.92. The van der Waals surface area contributed by atoms with Crippen LogP contribution >= 0.6 is 11.6 Å². The van der Waals surface area contributed by atoms with Crippen molar-refractivity contribution in [1.82, 2.24) is 0 Å². The van der Waals surface area contributed by atoms with Crippen molar-refractivity contribution >= 4 is 27.3 Å². The fourth-order valence-electron chi connectivity index (χ4n) is 2.59. The minimum atomic E-state index is -4.33. The average molecular weight is 408 g/mol. The second-order valence-corrected chi connectivity index (χ2v) is 8.27. The molecule has 0 unspecified atom stereocenters. The molecule has 27 heavy (non-hydrogen) atoms. The van der Waals surface area contributed by atoms with Gasteiger partial charge in [-0.1, -0.05) is 48.0 Å². The highest BCUT2D eigenvalue weighted by atomic mass is 35.5. The summed E-state index contributed by atoms with van der Waals surface area (Å²) in [6.45, 7) is 1.49. The Labute approximate surface area is 161 Å². The number of sulfonamides is 1. The largest absolute Gasteiger partial charge is 0.267 e. The van der Waals surface area contributed by atoms with E-state index < -0.39 is 26.6 Å². The molecule has 3 rings (SSSR count). The summed E-state index contributed by atoms with van der Waals surface area (Å²) in [5.74, 6) is -1.47. The van der Waals surface area contributed by atoms with Crippen LogP contribution in [0.25, 0.3) is 0 Å². The highest BCUT2D eigenvalue weighted by Crippen LogP contribution is 2.30. The molecule has 0 atom stereocenters. The topological polar surface area (TPSA) is 37.4 Å². The number of hydrogen-bond acceptors (Lipinski definition) is 2. The Morgan fingerprint density at radius 3 is 2.30 bits per heavy atom. The first-order valence-corrected chi connectivity index (χ1v) is 9.89. The van der Waals surface area contributed by atoms with Gasteiger partial charge in [-0.15, -0.1) is 0 Å². The zero-order valence-corrected chi connectivity index (χ0v) is 15.9. The molecule has 7 heteroatoms. The molecule has 0 fully saturated rings. The predicted molar refractivity (Wildman–Crippen MR) is 102 cm³/mol. The fraction of sp³-hybridized carbons (Fsp3) is 0.100. The molecule has 0 heterocycles. The van der Waals surface area contributed by atoms with E-state index in [2.05, 4.69) is 0 Å². The van der Waals surface area contributed by atoms with Gasteiger partial charge >= 0.3 is 0 Å². The smallest absolute Gasteiger partial charge is 0.262 e. The lowest BCUT2D eigenvalue weighted by atomic mass is 10.2. The van der Waals surface area contributed by atoms with E-state index in [1.165, 1.54) is 18.2 Å². The van der Waals surface area contributed by atoms with Crippen molar-refractivity contribution in [1.29, 1.82) is 0 Å². The van der Waals surface area contributed by atoms with Crippen LogP contribution in [0.2, 0.25) is 5.02 Å². The van der Waals surface area contributed by atoms with Crippen LogP contribution in [-0.2, 0) is 16.6 Å². The van der Waals surface area contributed by atoms with Crippen LogP contribution in [0, 0.1) is 18.6 Å². The van der Waals surface area contributed by atoms with E-state index in [0.29, 0.717) is 11.1 Å². The zero-order chi connectivity index (χ0) is 19.6. The molecule has 3 nitrogen and oxygen atoms in total. The lowest BCUT2D eigenvalue weighted by molar-refractivity contribution is 0.563. The normalized spacial score (nSPS) is 11.4. The Kier molecular flexibility index (Phi) is 5.48. The van der Waals surface area contributed by atoms with E-state index in [4.69, 9.17) is 11.6 Å². The monoisotopic (exact) mass is 407 g/mol. The molecule has 0 spiro atoms. The highest BCUT2D eigenvalue weighted by Gasteiger charge is 2.29. The molecule has 0 N–H and O–H groups in total. The van der Waals surface area contributed by atoms with Gasteiger partial charge in [-0.2, -0.15) is 0 Å². The molecule has 0 bridgehead atoms. The Morgan fingerprint density at radius 2 is 1.63 bits per heavy atom. The average Bonchev–Trinajstić information content (AvgIpc) is 2.65. The predicted octanol–water partition coefficient (Wildman–Crippen LogP) is 5.32. The molecule has 0 aromatic heterocycles. The molecule has 3 aromatic rings. The van der Waals surface area contributed by atoms with Crippen LogP contribution < -0.4 is 4.31 Å². The molecule has 0 amide bonds. The number of aryl methyl sites for hydroxylation is 1. The van der Waals surface area contributed by atoms with Crippen LogP contribution in [0.4, 0.5) is 14.5 Å². The standard InChI is InChI=1S/C20H16ClF2NO2S/c1-14-7-9-17(12-19(14)23)24(13-15-5-3-2-4-6-15)27(25,26)20-11-16(21)8-10-18(20)22/h2-12H,13H2,1H3. The second-order valence-electron chi connectivity index (χ2n) is 6.01. The Bertz CT molecular complexity index is 1070. The number of anilines is 1. The summed E-state index contributed by atoms with van der Waals surface area (Å²) < 4.78 is 55.8. The van der Waals surface area contributed by atoms with E-state index in [0.717, 1.165) is 22.5 Å². The van der Waals surface area contributed by atoms with Crippen molar-refractivity contribution in [3.8, 4) is 0 Å². The van der Waals surface area contributed by atoms with Gasteiger partial charge in [0.2, 0.25) is 0 Å². The van der Waals surface area contributed by atoms with Gasteiger partial charge in [-0.05, 0) is 48.4 Å². The van der Waals surface area contributed by atoms with E-state index in [9.17, 15) is 17.2 Å². The fourth-order valence-corrected chi connectivity index (χ4v) is 4.37. The number of halogens is 3. The summed E-state index contributed by atoms with van der Waals surface area (Å²) in [5.41, 5.74) is 1.15. The molecule has 3 aromatic carbocycles. The summed E-state index contributed by atoms with van der Waals surface area (Å²) in [4.78, 5) is -0.563. The van der Waals surface area contributed by atoms with Crippen molar-refractivity contribution in [3.05, 3.63) is 94.5 Å². The van der Waals surface area contributed by atoms with Gasteiger partial charge in [0.15, 0.2) is 0 Å². The Balaban J connectivity index is 2.16. The quantitative estimate of drug-likeness (QED) is 0.573. The number of nitrogens with zero attached hydrogens (tertiary/aromatic N) is 1.